The standard InChI is InChI=1S/C17H16FNO5S/c1-3-24-15(20)9-14-19(10-16(21)23-2)17(22)13(25-14)8-11-5-4-6-12(18)7-11/h4-9H,3,10H2,1-2H3/b13-8-,14-9-. The van der Waals surface area contributed by atoms with Gasteiger partial charge < -0.3 is 9.47 Å². The summed E-state index contributed by atoms with van der Waals surface area (Å²) in [7, 11) is 1.20. The zero-order valence-corrected chi connectivity index (χ0v) is 14.5. The van der Waals surface area contributed by atoms with Crippen LogP contribution in [-0.2, 0) is 25.6 Å². The second-order valence-electron chi connectivity index (χ2n) is 4.87. The first kappa shape index (κ1) is 18.6. The van der Waals surface area contributed by atoms with E-state index in [4.69, 9.17) is 4.74 Å². The van der Waals surface area contributed by atoms with E-state index in [1.807, 2.05) is 0 Å². The molecular weight excluding hydrogens is 349 g/mol. The number of carbonyl (C=O) groups is 2. The predicted octanol–water partition coefficient (Wildman–Crippen LogP) is 0.394. The predicted molar refractivity (Wildman–Crippen MR) is 90.9 cm³/mol. The smallest absolute Gasteiger partial charge is 0.333 e. The first-order valence-corrected chi connectivity index (χ1v) is 8.18. The number of nitrogens with zero attached hydrogens (tertiary/aromatic N) is 1. The molecule has 0 aliphatic heterocycles. The van der Waals surface area contributed by atoms with Gasteiger partial charge in [-0.3, -0.25) is 14.2 Å². The Labute approximate surface area is 146 Å². The van der Waals surface area contributed by atoms with Gasteiger partial charge in [0.1, 0.15) is 17.0 Å². The molecule has 0 saturated carbocycles. The SMILES string of the molecule is CCOC(=O)/C=c1\s/c(=C\c2cccc(F)c2)c(=O)n1CC(=O)OC. The number of hydrogen-bond acceptors (Lipinski definition) is 6. The molecule has 0 radical (unpaired) electrons. The first-order chi connectivity index (χ1) is 11.9. The number of ether oxygens (including phenoxy) is 2. The molecular formula is C17H16FNO5S. The van der Waals surface area contributed by atoms with Crippen LogP contribution < -0.4 is 14.8 Å². The van der Waals surface area contributed by atoms with Crippen LogP contribution in [0.3, 0.4) is 0 Å². The van der Waals surface area contributed by atoms with Gasteiger partial charge in [-0.1, -0.05) is 12.1 Å². The first-order valence-electron chi connectivity index (χ1n) is 7.36. The van der Waals surface area contributed by atoms with Crippen molar-refractivity contribution >= 4 is 35.4 Å². The Morgan fingerprint density at radius 2 is 2.12 bits per heavy atom. The van der Waals surface area contributed by atoms with Gasteiger partial charge in [0, 0.05) is 0 Å². The van der Waals surface area contributed by atoms with Crippen LogP contribution in [0.5, 0.6) is 0 Å². The summed E-state index contributed by atoms with van der Waals surface area (Å²) in [5.41, 5.74) is 0.0152. The van der Waals surface area contributed by atoms with E-state index in [-0.39, 0.29) is 22.3 Å². The van der Waals surface area contributed by atoms with Gasteiger partial charge >= 0.3 is 11.9 Å². The van der Waals surface area contributed by atoms with Crippen molar-refractivity contribution in [1.29, 1.82) is 0 Å². The quantitative estimate of drug-likeness (QED) is 0.717. The highest BCUT2D eigenvalue weighted by molar-refractivity contribution is 7.07. The Morgan fingerprint density at radius 3 is 2.76 bits per heavy atom. The number of halogens is 1. The molecule has 0 spiro atoms. The van der Waals surface area contributed by atoms with E-state index in [2.05, 4.69) is 4.74 Å². The Balaban J connectivity index is 2.61. The van der Waals surface area contributed by atoms with E-state index in [0.717, 1.165) is 22.0 Å². The molecule has 0 fully saturated rings. The fraction of sp³-hybridized carbons (Fsp3) is 0.235. The van der Waals surface area contributed by atoms with Crippen LogP contribution in [0.15, 0.2) is 29.1 Å². The van der Waals surface area contributed by atoms with Crippen molar-refractivity contribution in [3.63, 3.8) is 0 Å². The summed E-state index contributed by atoms with van der Waals surface area (Å²) in [5, 5.41) is 0. The molecule has 8 heteroatoms. The van der Waals surface area contributed by atoms with E-state index in [1.54, 1.807) is 13.0 Å². The molecule has 0 atom stereocenters. The highest BCUT2D eigenvalue weighted by Crippen LogP contribution is 2.03. The van der Waals surface area contributed by atoms with Crippen LogP contribution in [-0.4, -0.2) is 30.2 Å². The number of benzene rings is 1. The maximum atomic E-state index is 13.3. The zero-order chi connectivity index (χ0) is 18.4. The number of thiazole rings is 1. The number of hydrogen-bond donors (Lipinski definition) is 0. The molecule has 0 unspecified atom stereocenters. The third-order valence-electron chi connectivity index (χ3n) is 3.13. The largest absolute Gasteiger partial charge is 0.468 e. The second-order valence-corrected chi connectivity index (χ2v) is 5.93. The molecule has 1 heterocycles. The van der Waals surface area contributed by atoms with Crippen molar-refractivity contribution < 1.29 is 23.5 Å². The van der Waals surface area contributed by atoms with Crippen LogP contribution >= 0.6 is 11.3 Å². The summed E-state index contributed by atoms with van der Waals surface area (Å²) >= 11 is 1.00. The summed E-state index contributed by atoms with van der Waals surface area (Å²) in [5.74, 6) is -1.69. The fourth-order valence-electron chi connectivity index (χ4n) is 2.02. The summed E-state index contributed by atoms with van der Waals surface area (Å²) in [6.45, 7) is 1.50. The number of esters is 2. The Kier molecular flexibility index (Phi) is 6.24. The number of aromatic nitrogens is 1. The molecule has 0 aliphatic rings. The van der Waals surface area contributed by atoms with Crippen LogP contribution in [0, 0.1) is 5.82 Å². The van der Waals surface area contributed by atoms with Gasteiger partial charge in [0.2, 0.25) is 0 Å². The summed E-state index contributed by atoms with van der Waals surface area (Å²) < 4.78 is 24.3. The minimum absolute atomic E-state index is 0.185. The van der Waals surface area contributed by atoms with Gasteiger partial charge in [-0.15, -0.1) is 11.3 Å². The third kappa shape index (κ3) is 4.87. The minimum atomic E-state index is -0.629. The monoisotopic (exact) mass is 365 g/mol. The molecule has 0 amide bonds. The van der Waals surface area contributed by atoms with Crippen LogP contribution in [0.1, 0.15) is 12.5 Å². The molecule has 1 aromatic heterocycles. The molecule has 0 bridgehead atoms. The van der Waals surface area contributed by atoms with Crippen molar-refractivity contribution in [2.24, 2.45) is 0 Å². The van der Waals surface area contributed by atoms with Crippen LogP contribution in [0.25, 0.3) is 12.2 Å². The molecule has 25 heavy (non-hydrogen) atoms. The van der Waals surface area contributed by atoms with Crippen molar-refractivity contribution in [3.05, 3.63) is 55.2 Å². The van der Waals surface area contributed by atoms with Gasteiger partial charge in [-0.05, 0) is 30.7 Å². The average molecular weight is 365 g/mol. The van der Waals surface area contributed by atoms with E-state index in [0.29, 0.717) is 5.56 Å². The Morgan fingerprint density at radius 1 is 1.36 bits per heavy atom. The molecule has 1 aromatic carbocycles. The van der Waals surface area contributed by atoms with Gasteiger partial charge in [0.15, 0.2) is 0 Å². The average Bonchev–Trinajstić information content (AvgIpc) is 2.83. The fourth-order valence-corrected chi connectivity index (χ4v) is 3.05. The maximum Gasteiger partial charge on any atom is 0.333 e. The lowest BCUT2D eigenvalue weighted by Crippen LogP contribution is -2.34. The molecule has 2 aromatic rings. The lowest BCUT2D eigenvalue weighted by Gasteiger charge is -2.00. The third-order valence-corrected chi connectivity index (χ3v) is 4.19. The Bertz CT molecular complexity index is 960. The normalized spacial score (nSPS) is 12.3. The number of methoxy groups -OCH3 is 1. The van der Waals surface area contributed by atoms with Crippen molar-refractivity contribution in [2.75, 3.05) is 13.7 Å². The van der Waals surface area contributed by atoms with Crippen molar-refractivity contribution in [3.8, 4) is 0 Å². The Hall–Kier alpha value is -2.74. The van der Waals surface area contributed by atoms with Crippen molar-refractivity contribution in [1.82, 2.24) is 4.57 Å². The summed E-state index contributed by atoms with van der Waals surface area (Å²) in [4.78, 5) is 35.8. The minimum Gasteiger partial charge on any atom is -0.468 e. The second kappa shape index (κ2) is 8.39. The van der Waals surface area contributed by atoms with Gasteiger partial charge in [-0.2, -0.15) is 0 Å². The molecule has 0 saturated heterocycles. The summed E-state index contributed by atoms with van der Waals surface area (Å²) in [6.07, 6.45) is 2.63. The number of rotatable bonds is 5. The van der Waals surface area contributed by atoms with Crippen molar-refractivity contribution in [2.45, 2.75) is 13.5 Å². The topological polar surface area (TPSA) is 74.6 Å². The van der Waals surface area contributed by atoms with E-state index in [9.17, 15) is 18.8 Å². The summed E-state index contributed by atoms with van der Waals surface area (Å²) in [6, 6.07) is 5.73. The number of carbonyl (C=O) groups excluding carboxylic acids is 2. The molecule has 6 nitrogen and oxygen atoms in total. The highest BCUT2D eigenvalue weighted by atomic mass is 32.1. The van der Waals surface area contributed by atoms with Gasteiger partial charge in [0.25, 0.3) is 5.56 Å². The zero-order valence-electron chi connectivity index (χ0n) is 13.7. The van der Waals surface area contributed by atoms with E-state index in [1.165, 1.54) is 31.4 Å². The highest BCUT2D eigenvalue weighted by Gasteiger charge is 2.11. The van der Waals surface area contributed by atoms with Gasteiger partial charge in [-0.25, -0.2) is 9.18 Å². The van der Waals surface area contributed by atoms with Gasteiger partial charge in [0.05, 0.1) is 24.3 Å². The van der Waals surface area contributed by atoms with E-state index >= 15 is 0 Å². The molecule has 0 N–H and O–H groups in total. The van der Waals surface area contributed by atoms with Crippen LogP contribution in [0.2, 0.25) is 0 Å². The molecule has 132 valence electrons. The lowest BCUT2D eigenvalue weighted by atomic mass is 10.2. The van der Waals surface area contributed by atoms with Crippen LogP contribution in [0.4, 0.5) is 4.39 Å². The molecule has 0 aliphatic carbocycles. The molecule has 2 rings (SSSR count). The van der Waals surface area contributed by atoms with E-state index < -0.39 is 23.3 Å². The maximum absolute atomic E-state index is 13.3. The lowest BCUT2D eigenvalue weighted by molar-refractivity contribution is -0.141.